The highest BCUT2D eigenvalue weighted by atomic mass is 19.1. The largest absolute Gasteiger partial charge is 0.478 e. The number of aromatic nitrogens is 2. The number of carboxylic acid groups (broad SMARTS) is 1. The van der Waals surface area contributed by atoms with Gasteiger partial charge in [0.25, 0.3) is 5.91 Å². The predicted molar refractivity (Wildman–Crippen MR) is 59.9 cm³/mol. The van der Waals surface area contributed by atoms with E-state index in [1.807, 2.05) is 0 Å². The van der Waals surface area contributed by atoms with Crippen molar-refractivity contribution in [3.63, 3.8) is 0 Å². The zero-order valence-corrected chi connectivity index (χ0v) is 8.98. The van der Waals surface area contributed by atoms with Gasteiger partial charge in [-0.2, -0.15) is 0 Å². The van der Waals surface area contributed by atoms with E-state index in [1.165, 1.54) is 18.5 Å². The molecular formula is C11H8FN3O3. The molecule has 0 saturated carbocycles. The Labute approximate surface area is 100 Å². The number of benzene rings is 1. The van der Waals surface area contributed by atoms with E-state index in [1.54, 1.807) is 0 Å². The Morgan fingerprint density at radius 2 is 2.17 bits per heavy atom. The number of aromatic amines is 1. The van der Waals surface area contributed by atoms with Gasteiger partial charge >= 0.3 is 5.97 Å². The molecule has 1 aromatic heterocycles. The standard InChI is InChI=1S/C11H8FN3O3/c12-6-1-2-8(7(5-6)11(17)18)15-10(16)9-13-3-4-14-9/h1-5H,(H,13,14)(H,15,16)(H,17,18). The first-order valence-electron chi connectivity index (χ1n) is 4.91. The van der Waals surface area contributed by atoms with E-state index in [4.69, 9.17) is 5.11 Å². The fraction of sp³-hybridized carbons (Fsp3) is 0. The molecule has 1 aromatic carbocycles. The summed E-state index contributed by atoms with van der Waals surface area (Å²) < 4.78 is 12.9. The van der Waals surface area contributed by atoms with Crippen LogP contribution in [0.3, 0.4) is 0 Å². The monoisotopic (exact) mass is 249 g/mol. The normalized spacial score (nSPS) is 10.1. The minimum atomic E-state index is -1.33. The van der Waals surface area contributed by atoms with Gasteiger partial charge in [0, 0.05) is 12.4 Å². The molecule has 0 aliphatic rings. The Balaban J connectivity index is 2.29. The van der Waals surface area contributed by atoms with Crippen LogP contribution in [0.2, 0.25) is 0 Å². The molecule has 0 aliphatic heterocycles. The lowest BCUT2D eigenvalue weighted by atomic mass is 10.1. The number of aromatic carboxylic acids is 1. The molecule has 92 valence electrons. The Bertz CT molecular complexity index is 596. The van der Waals surface area contributed by atoms with Crippen LogP contribution in [-0.2, 0) is 0 Å². The lowest BCUT2D eigenvalue weighted by Gasteiger charge is -2.07. The van der Waals surface area contributed by atoms with Gasteiger partial charge in [0.2, 0.25) is 0 Å². The third-order valence-electron chi connectivity index (χ3n) is 2.17. The molecule has 0 saturated heterocycles. The first-order chi connectivity index (χ1) is 8.58. The molecular weight excluding hydrogens is 241 g/mol. The molecule has 0 unspecified atom stereocenters. The van der Waals surface area contributed by atoms with E-state index >= 15 is 0 Å². The van der Waals surface area contributed by atoms with Crippen molar-refractivity contribution in [1.82, 2.24) is 9.97 Å². The molecule has 3 N–H and O–H groups in total. The van der Waals surface area contributed by atoms with Gasteiger partial charge in [0.1, 0.15) is 5.82 Å². The molecule has 0 spiro atoms. The van der Waals surface area contributed by atoms with Crippen molar-refractivity contribution in [2.75, 3.05) is 5.32 Å². The Hall–Kier alpha value is -2.70. The molecule has 0 bridgehead atoms. The average Bonchev–Trinajstić information content (AvgIpc) is 2.84. The van der Waals surface area contributed by atoms with Crippen LogP contribution >= 0.6 is 0 Å². The van der Waals surface area contributed by atoms with Gasteiger partial charge < -0.3 is 15.4 Å². The number of rotatable bonds is 3. The number of carbonyl (C=O) groups excluding carboxylic acids is 1. The number of halogens is 1. The first-order valence-corrected chi connectivity index (χ1v) is 4.91. The summed E-state index contributed by atoms with van der Waals surface area (Å²) >= 11 is 0. The molecule has 0 aliphatic carbocycles. The van der Waals surface area contributed by atoms with Crippen molar-refractivity contribution in [3.05, 3.63) is 47.8 Å². The summed E-state index contributed by atoms with van der Waals surface area (Å²) in [7, 11) is 0. The van der Waals surface area contributed by atoms with Crippen LogP contribution in [0, 0.1) is 5.82 Å². The summed E-state index contributed by atoms with van der Waals surface area (Å²) in [5.74, 6) is -2.59. The summed E-state index contributed by atoms with van der Waals surface area (Å²) in [6, 6.07) is 3.07. The maximum atomic E-state index is 12.9. The average molecular weight is 249 g/mol. The third kappa shape index (κ3) is 2.34. The van der Waals surface area contributed by atoms with Crippen molar-refractivity contribution >= 4 is 17.6 Å². The quantitative estimate of drug-likeness (QED) is 0.768. The second kappa shape index (κ2) is 4.66. The van der Waals surface area contributed by atoms with Gasteiger partial charge in [0.05, 0.1) is 11.3 Å². The van der Waals surface area contributed by atoms with Gasteiger partial charge in [0.15, 0.2) is 5.82 Å². The van der Waals surface area contributed by atoms with E-state index < -0.39 is 17.7 Å². The van der Waals surface area contributed by atoms with Gasteiger partial charge in [-0.15, -0.1) is 0 Å². The second-order valence-corrected chi connectivity index (χ2v) is 3.39. The number of imidazole rings is 1. The molecule has 1 amide bonds. The van der Waals surface area contributed by atoms with Gasteiger partial charge in [-0.05, 0) is 18.2 Å². The lowest BCUT2D eigenvalue weighted by Crippen LogP contribution is -2.16. The van der Waals surface area contributed by atoms with Crippen LogP contribution in [0.15, 0.2) is 30.6 Å². The Morgan fingerprint density at radius 3 is 2.78 bits per heavy atom. The summed E-state index contributed by atoms with van der Waals surface area (Å²) in [4.78, 5) is 28.8. The Morgan fingerprint density at radius 1 is 1.39 bits per heavy atom. The van der Waals surface area contributed by atoms with Crippen LogP contribution < -0.4 is 5.32 Å². The van der Waals surface area contributed by atoms with E-state index in [0.717, 1.165) is 12.1 Å². The zero-order valence-electron chi connectivity index (χ0n) is 8.98. The van der Waals surface area contributed by atoms with Gasteiger partial charge in [-0.1, -0.05) is 0 Å². The van der Waals surface area contributed by atoms with E-state index in [-0.39, 0.29) is 17.1 Å². The highest BCUT2D eigenvalue weighted by Crippen LogP contribution is 2.17. The van der Waals surface area contributed by atoms with Crippen molar-refractivity contribution < 1.29 is 19.1 Å². The topological polar surface area (TPSA) is 95.1 Å². The van der Waals surface area contributed by atoms with Crippen LogP contribution in [0.25, 0.3) is 0 Å². The SMILES string of the molecule is O=C(Nc1ccc(F)cc1C(=O)O)c1ncc[nH]1. The molecule has 2 rings (SSSR count). The number of carboxylic acids is 1. The molecule has 0 atom stereocenters. The van der Waals surface area contributed by atoms with Crippen LogP contribution in [0.1, 0.15) is 21.0 Å². The molecule has 18 heavy (non-hydrogen) atoms. The summed E-state index contributed by atoms with van der Waals surface area (Å²) in [5.41, 5.74) is -0.319. The molecule has 6 nitrogen and oxygen atoms in total. The number of nitrogens with one attached hydrogen (secondary N) is 2. The van der Waals surface area contributed by atoms with E-state index in [9.17, 15) is 14.0 Å². The summed E-state index contributed by atoms with van der Waals surface area (Å²) in [6.07, 6.45) is 2.84. The molecule has 2 aromatic rings. The smallest absolute Gasteiger partial charge is 0.337 e. The fourth-order valence-electron chi connectivity index (χ4n) is 1.37. The molecule has 1 heterocycles. The van der Waals surface area contributed by atoms with Crippen molar-refractivity contribution in [2.24, 2.45) is 0 Å². The number of H-pyrrole nitrogens is 1. The number of hydrogen-bond donors (Lipinski definition) is 3. The second-order valence-electron chi connectivity index (χ2n) is 3.39. The minimum Gasteiger partial charge on any atom is -0.478 e. The molecule has 7 heteroatoms. The van der Waals surface area contributed by atoms with E-state index in [0.29, 0.717) is 0 Å². The Kier molecular flexibility index (Phi) is 3.05. The first kappa shape index (κ1) is 11.8. The van der Waals surface area contributed by atoms with Crippen molar-refractivity contribution in [1.29, 1.82) is 0 Å². The van der Waals surface area contributed by atoms with Crippen LogP contribution in [-0.4, -0.2) is 27.0 Å². The maximum Gasteiger partial charge on any atom is 0.337 e. The zero-order chi connectivity index (χ0) is 13.1. The molecule has 0 radical (unpaired) electrons. The minimum absolute atomic E-state index is 0.00491. The number of nitrogens with zero attached hydrogens (tertiary/aromatic N) is 1. The highest BCUT2D eigenvalue weighted by Gasteiger charge is 2.15. The van der Waals surface area contributed by atoms with Crippen LogP contribution in [0.5, 0.6) is 0 Å². The number of anilines is 1. The maximum absolute atomic E-state index is 12.9. The number of hydrogen-bond acceptors (Lipinski definition) is 3. The van der Waals surface area contributed by atoms with E-state index in [2.05, 4.69) is 15.3 Å². The number of carbonyl (C=O) groups is 2. The highest BCUT2D eigenvalue weighted by molar-refractivity contribution is 6.05. The van der Waals surface area contributed by atoms with Gasteiger partial charge in [-0.3, -0.25) is 4.79 Å². The van der Waals surface area contributed by atoms with Gasteiger partial charge in [-0.25, -0.2) is 14.2 Å². The summed E-state index contributed by atoms with van der Waals surface area (Å²) in [6.45, 7) is 0. The number of amides is 1. The lowest BCUT2D eigenvalue weighted by molar-refractivity contribution is 0.0697. The van der Waals surface area contributed by atoms with Crippen LogP contribution in [0.4, 0.5) is 10.1 Å². The van der Waals surface area contributed by atoms with Crippen molar-refractivity contribution in [2.45, 2.75) is 0 Å². The third-order valence-corrected chi connectivity index (χ3v) is 2.17. The predicted octanol–water partition coefficient (Wildman–Crippen LogP) is 1.50. The summed E-state index contributed by atoms with van der Waals surface area (Å²) in [5, 5.41) is 11.2. The molecule has 0 fully saturated rings. The van der Waals surface area contributed by atoms with Crippen molar-refractivity contribution in [3.8, 4) is 0 Å². The fourth-order valence-corrected chi connectivity index (χ4v) is 1.37.